The molecule has 2 rings (SSSR count). The molecule has 0 saturated carbocycles. The van der Waals surface area contributed by atoms with Crippen molar-refractivity contribution in [2.24, 2.45) is 0 Å². The zero-order valence-electron chi connectivity index (χ0n) is 14.7. The minimum atomic E-state index is -0.998. The quantitative estimate of drug-likeness (QED) is 0.836. The molecule has 0 aromatic heterocycles. The third-order valence-corrected chi connectivity index (χ3v) is 3.73. The van der Waals surface area contributed by atoms with Crippen LogP contribution in [0.3, 0.4) is 0 Å². The maximum absolute atomic E-state index is 12.5. The maximum atomic E-state index is 12.5. The van der Waals surface area contributed by atoms with Gasteiger partial charge in [0.05, 0.1) is 19.3 Å². The van der Waals surface area contributed by atoms with E-state index in [2.05, 4.69) is 5.32 Å². The first-order chi connectivity index (χ1) is 11.9. The van der Waals surface area contributed by atoms with Crippen molar-refractivity contribution in [3.05, 3.63) is 52.6 Å². The van der Waals surface area contributed by atoms with Gasteiger partial charge in [-0.25, -0.2) is 4.79 Å². The molecule has 0 bridgehead atoms. The van der Waals surface area contributed by atoms with Crippen LogP contribution >= 0.6 is 0 Å². The molecule has 0 fully saturated rings. The van der Waals surface area contributed by atoms with E-state index in [-0.39, 0.29) is 11.5 Å². The van der Waals surface area contributed by atoms with Gasteiger partial charge in [0.15, 0.2) is 11.5 Å². The van der Waals surface area contributed by atoms with Crippen LogP contribution < -0.4 is 14.8 Å². The Morgan fingerprint density at radius 1 is 1.12 bits per heavy atom. The molecule has 0 aliphatic heterocycles. The summed E-state index contributed by atoms with van der Waals surface area (Å²) >= 11 is 0. The summed E-state index contributed by atoms with van der Waals surface area (Å²) in [5, 5.41) is 11.8. The van der Waals surface area contributed by atoms with Crippen molar-refractivity contribution in [3.63, 3.8) is 0 Å². The van der Waals surface area contributed by atoms with Crippen LogP contribution in [0.25, 0.3) is 0 Å². The molecule has 0 unspecified atom stereocenters. The van der Waals surface area contributed by atoms with Crippen molar-refractivity contribution in [2.75, 3.05) is 19.0 Å². The standard InChI is InChI=1S/C19H21NO5/c1-5-25-17-12(3)8-13(10-16(17)24-4)18(21)20-14-6-7-15(19(22)23)11(2)9-14/h6-10H,5H2,1-4H3,(H,20,21)(H,22,23). The van der Waals surface area contributed by atoms with E-state index in [0.29, 0.717) is 34.9 Å². The Kier molecular flexibility index (Phi) is 5.64. The minimum Gasteiger partial charge on any atom is -0.493 e. The summed E-state index contributed by atoms with van der Waals surface area (Å²) in [6.07, 6.45) is 0. The van der Waals surface area contributed by atoms with Crippen LogP contribution in [0.2, 0.25) is 0 Å². The number of methoxy groups -OCH3 is 1. The van der Waals surface area contributed by atoms with Crippen molar-refractivity contribution >= 4 is 17.6 Å². The van der Waals surface area contributed by atoms with Gasteiger partial charge >= 0.3 is 5.97 Å². The number of carboxylic acids is 1. The van der Waals surface area contributed by atoms with Gasteiger partial charge in [0.1, 0.15) is 0 Å². The third-order valence-electron chi connectivity index (χ3n) is 3.73. The van der Waals surface area contributed by atoms with Gasteiger partial charge in [0.2, 0.25) is 0 Å². The lowest BCUT2D eigenvalue weighted by Gasteiger charge is -2.14. The summed E-state index contributed by atoms with van der Waals surface area (Å²) in [5.74, 6) is -0.207. The molecule has 0 atom stereocenters. The van der Waals surface area contributed by atoms with E-state index in [1.54, 1.807) is 31.2 Å². The molecule has 2 N–H and O–H groups in total. The lowest BCUT2D eigenvalue weighted by Crippen LogP contribution is -2.13. The van der Waals surface area contributed by atoms with E-state index in [4.69, 9.17) is 14.6 Å². The lowest BCUT2D eigenvalue weighted by atomic mass is 10.1. The van der Waals surface area contributed by atoms with Crippen LogP contribution in [0.5, 0.6) is 11.5 Å². The number of carbonyl (C=O) groups is 2. The van der Waals surface area contributed by atoms with Crippen LogP contribution in [-0.4, -0.2) is 30.7 Å². The average Bonchev–Trinajstić information content (AvgIpc) is 2.56. The molecule has 0 saturated heterocycles. The molecule has 1 amide bonds. The fourth-order valence-electron chi connectivity index (χ4n) is 2.54. The fourth-order valence-corrected chi connectivity index (χ4v) is 2.54. The second kappa shape index (κ2) is 7.70. The third kappa shape index (κ3) is 4.09. The van der Waals surface area contributed by atoms with Gasteiger partial charge in [-0.3, -0.25) is 4.79 Å². The highest BCUT2D eigenvalue weighted by molar-refractivity contribution is 6.05. The molecule has 0 radical (unpaired) electrons. The molecule has 0 aliphatic rings. The highest BCUT2D eigenvalue weighted by Gasteiger charge is 2.15. The number of amides is 1. The zero-order chi connectivity index (χ0) is 18.6. The van der Waals surface area contributed by atoms with Crippen LogP contribution in [0.15, 0.2) is 30.3 Å². The fraction of sp³-hybridized carbons (Fsp3) is 0.263. The average molecular weight is 343 g/mol. The Morgan fingerprint density at radius 3 is 2.40 bits per heavy atom. The summed E-state index contributed by atoms with van der Waals surface area (Å²) in [5.41, 5.74) is 2.53. The second-order valence-electron chi connectivity index (χ2n) is 5.55. The van der Waals surface area contributed by atoms with Gasteiger partial charge in [-0.1, -0.05) is 0 Å². The smallest absolute Gasteiger partial charge is 0.335 e. The summed E-state index contributed by atoms with van der Waals surface area (Å²) in [7, 11) is 1.52. The molecular formula is C19H21NO5. The SMILES string of the molecule is CCOc1c(C)cc(C(=O)Nc2ccc(C(=O)O)c(C)c2)cc1OC. The van der Waals surface area contributed by atoms with Gasteiger partial charge in [-0.05, 0) is 62.2 Å². The molecule has 0 spiro atoms. The number of carboxylic acid groups (broad SMARTS) is 1. The van der Waals surface area contributed by atoms with Gasteiger partial charge in [0, 0.05) is 11.3 Å². The summed E-state index contributed by atoms with van der Waals surface area (Å²) in [6.45, 7) is 5.90. The van der Waals surface area contributed by atoms with Crippen LogP contribution in [0.4, 0.5) is 5.69 Å². The number of aryl methyl sites for hydroxylation is 2. The Morgan fingerprint density at radius 2 is 1.84 bits per heavy atom. The number of ether oxygens (including phenoxy) is 2. The normalized spacial score (nSPS) is 10.2. The predicted octanol–water partition coefficient (Wildman–Crippen LogP) is 3.66. The first-order valence-corrected chi connectivity index (χ1v) is 7.84. The van der Waals surface area contributed by atoms with E-state index in [0.717, 1.165) is 5.56 Å². The number of carbonyl (C=O) groups excluding carboxylic acids is 1. The monoisotopic (exact) mass is 343 g/mol. The van der Waals surface area contributed by atoms with E-state index in [1.807, 2.05) is 13.8 Å². The first-order valence-electron chi connectivity index (χ1n) is 7.84. The van der Waals surface area contributed by atoms with Gasteiger partial charge in [-0.15, -0.1) is 0 Å². The van der Waals surface area contributed by atoms with E-state index in [1.165, 1.54) is 13.2 Å². The Balaban J connectivity index is 2.28. The van der Waals surface area contributed by atoms with Crippen LogP contribution in [-0.2, 0) is 0 Å². The predicted molar refractivity (Wildman–Crippen MR) is 95.0 cm³/mol. The molecule has 132 valence electrons. The number of aromatic carboxylic acids is 1. The lowest BCUT2D eigenvalue weighted by molar-refractivity contribution is 0.0696. The summed E-state index contributed by atoms with van der Waals surface area (Å²) < 4.78 is 10.9. The van der Waals surface area contributed by atoms with Crippen molar-refractivity contribution in [1.29, 1.82) is 0 Å². The van der Waals surface area contributed by atoms with Crippen LogP contribution in [0.1, 0.15) is 38.8 Å². The zero-order valence-corrected chi connectivity index (χ0v) is 14.7. The van der Waals surface area contributed by atoms with Crippen molar-refractivity contribution < 1.29 is 24.2 Å². The van der Waals surface area contributed by atoms with Crippen LogP contribution in [0, 0.1) is 13.8 Å². The van der Waals surface area contributed by atoms with Gasteiger partial charge in [0.25, 0.3) is 5.91 Å². The van der Waals surface area contributed by atoms with E-state index >= 15 is 0 Å². The molecule has 2 aromatic rings. The number of hydrogen-bond donors (Lipinski definition) is 2. The van der Waals surface area contributed by atoms with Gasteiger partial charge in [-0.2, -0.15) is 0 Å². The maximum Gasteiger partial charge on any atom is 0.335 e. The highest BCUT2D eigenvalue weighted by atomic mass is 16.5. The molecule has 25 heavy (non-hydrogen) atoms. The molecule has 0 aliphatic carbocycles. The molecule has 0 heterocycles. The summed E-state index contributed by atoms with van der Waals surface area (Å²) in [6, 6.07) is 8.00. The van der Waals surface area contributed by atoms with E-state index in [9.17, 15) is 9.59 Å². The Labute approximate surface area is 146 Å². The van der Waals surface area contributed by atoms with Crippen molar-refractivity contribution in [1.82, 2.24) is 0 Å². The topological polar surface area (TPSA) is 84.9 Å². The number of rotatable bonds is 6. The van der Waals surface area contributed by atoms with Crippen molar-refractivity contribution in [2.45, 2.75) is 20.8 Å². The van der Waals surface area contributed by atoms with E-state index < -0.39 is 5.97 Å². The minimum absolute atomic E-state index is 0.205. The molecular weight excluding hydrogens is 322 g/mol. The number of benzene rings is 2. The Hall–Kier alpha value is -3.02. The number of anilines is 1. The second-order valence-corrected chi connectivity index (χ2v) is 5.55. The highest BCUT2D eigenvalue weighted by Crippen LogP contribution is 2.32. The molecule has 2 aromatic carbocycles. The molecule has 6 heteroatoms. The summed E-state index contributed by atoms with van der Waals surface area (Å²) in [4.78, 5) is 23.6. The molecule has 6 nitrogen and oxygen atoms in total. The number of hydrogen-bond acceptors (Lipinski definition) is 4. The number of nitrogens with one attached hydrogen (secondary N) is 1. The largest absolute Gasteiger partial charge is 0.493 e. The van der Waals surface area contributed by atoms with Gasteiger partial charge < -0.3 is 19.9 Å². The Bertz CT molecular complexity index is 814. The first kappa shape index (κ1) is 18.3. The van der Waals surface area contributed by atoms with Crippen molar-refractivity contribution in [3.8, 4) is 11.5 Å².